The van der Waals surface area contributed by atoms with E-state index in [9.17, 15) is 10.1 Å². The zero-order valence-corrected chi connectivity index (χ0v) is 12.8. The number of nitrogens with one attached hydrogen (secondary N) is 1. The minimum atomic E-state index is -0.360. The lowest BCUT2D eigenvalue weighted by Gasteiger charge is -2.33. The molecule has 0 saturated heterocycles. The predicted molar refractivity (Wildman–Crippen MR) is 80.4 cm³/mol. The first-order valence-electron chi connectivity index (χ1n) is 6.68. The van der Waals surface area contributed by atoms with Gasteiger partial charge in [-0.2, -0.15) is 0 Å². The molecule has 0 radical (unpaired) electrons. The summed E-state index contributed by atoms with van der Waals surface area (Å²) in [5.41, 5.74) is 0.948. The van der Waals surface area contributed by atoms with Crippen molar-refractivity contribution in [2.24, 2.45) is 11.8 Å². The topological polar surface area (TPSA) is 55.2 Å². The summed E-state index contributed by atoms with van der Waals surface area (Å²) in [7, 11) is 0. The summed E-state index contributed by atoms with van der Waals surface area (Å²) in [6, 6.07) is 5.65. The van der Waals surface area contributed by atoms with Gasteiger partial charge in [0.15, 0.2) is 0 Å². The van der Waals surface area contributed by atoms with Gasteiger partial charge in [0.2, 0.25) is 0 Å². The third-order valence-corrected chi connectivity index (χ3v) is 4.78. The number of nitro groups is 1. The van der Waals surface area contributed by atoms with E-state index < -0.39 is 0 Å². The molecule has 104 valence electrons. The fourth-order valence-corrected chi connectivity index (χ4v) is 3.05. The SMILES string of the molecule is CC1CCC(Nc2ccc(Br)c([N+](=O)[O-])c2)CC1C. The average molecular weight is 327 g/mol. The van der Waals surface area contributed by atoms with E-state index >= 15 is 0 Å². The Balaban J connectivity index is 2.07. The Morgan fingerprint density at radius 1 is 1.32 bits per heavy atom. The summed E-state index contributed by atoms with van der Waals surface area (Å²) in [4.78, 5) is 10.5. The number of hydrogen-bond donors (Lipinski definition) is 1. The first-order chi connectivity index (χ1) is 8.97. The molecule has 3 unspecified atom stereocenters. The minimum absolute atomic E-state index is 0.113. The monoisotopic (exact) mass is 326 g/mol. The molecule has 1 N–H and O–H groups in total. The Morgan fingerprint density at radius 2 is 2.05 bits per heavy atom. The number of nitrogens with zero attached hydrogens (tertiary/aromatic N) is 1. The van der Waals surface area contributed by atoms with Gasteiger partial charge in [0.1, 0.15) is 0 Å². The van der Waals surface area contributed by atoms with Crippen LogP contribution in [0.1, 0.15) is 33.1 Å². The summed E-state index contributed by atoms with van der Waals surface area (Å²) in [6.45, 7) is 4.58. The Bertz CT molecular complexity index is 479. The zero-order valence-electron chi connectivity index (χ0n) is 11.2. The van der Waals surface area contributed by atoms with Crippen molar-refractivity contribution in [3.63, 3.8) is 0 Å². The van der Waals surface area contributed by atoms with Gasteiger partial charge in [-0.05, 0) is 59.2 Å². The number of hydrogen-bond acceptors (Lipinski definition) is 3. The summed E-state index contributed by atoms with van der Waals surface area (Å²) in [6.07, 6.45) is 3.48. The molecular weight excluding hydrogens is 308 g/mol. The molecule has 0 bridgehead atoms. The van der Waals surface area contributed by atoms with Crippen LogP contribution in [0.25, 0.3) is 0 Å². The lowest BCUT2D eigenvalue weighted by molar-refractivity contribution is -0.385. The van der Waals surface area contributed by atoms with Gasteiger partial charge >= 0.3 is 0 Å². The van der Waals surface area contributed by atoms with Crippen LogP contribution in [0.5, 0.6) is 0 Å². The molecule has 1 aromatic rings. The van der Waals surface area contributed by atoms with Gasteiger partial charge in [0.25, 0.3) is 5.69 Å². The molecule has 1 aliphatic carbocycles. The summed E-state index contributed by atoms with van der Waals surface area (Å²) < 4.78 is 0.522. The van der Waals surface area contributed by atoms with Crippen LogP contribution in [0.4, 0.5) is 11.4 Å². The van der Waals surface area contributed by atoms with Gasteiger partial charge in [0, 0.05) is 17.8 Å². The van der Waals surface area contributed by atoms with Crippen molar-refractivity contribution in [1.29, 1.82) is 0 Å². The molecule has 0 spiro atoms. The second-order valence-corrected chi connectivity index (χ2v) is 6.39. The largest absolute Gasteiger partial charge is 0.382 e. The second-order valence-electron chi connectivity index (χ2n) is 5.53. The smallest absolute Gasteiger partial charge is 0.285 e. The third-order valence-electron chi connectivity index (χ3n) is 4.11. The molecular formula is C14H19BrN2O2. The second kappa shape index (κ2) is 5.90. The molecule has 1 aromatic carbocycles. The highest BCUT2D eigenvalue weighted by Crippen LogP contribution is 2.33. The molecule has 0 aliphatic heterocycles. The number of nitro benzene ring substituents is 1. The van der Waals surface area contributed by atoms with Crippen LogP contribution in [-0.4, -0.2) is 11.0 Å². The molecule has 5 heteroatoms. The van der Waals surface area contributed by atoms with E-state index in [0.717, 1.165) is 24.4 Å². The van der Waals surface area contributed by atoms with Crippen molar-refractivity contribution in [3.8, 4) is 0 Å². The van der Waals surface area contributed by atoms with Crippen LogP contribution in [0.3, 0.4) is 0 Å². The summed E-state index contributed by atoms with van der Waals surface area (Å²) >= 11 is 3.20. The molecule has 19 heavy (non-hydrogen) atoms. The first-order valence-corrected chi connectivity index (χ1v) is 7.47. The molecule has 0 aromatic heterocycles. The van der Waals surface area contributed by atoms with Crippen LogP contribution >= 0.6 is 15.9 Å². The van der Waals surface area contributed by atoms with Gasteiger partial charge in [0.05, 0.1) is 9.40 Å². The van der Waals surface area contributed by atoms with Gasteiger partial charge in [-0.1, -0.05) is 13.8 Å². The van der Waals surface area contributed by atoms with E-state index in [1.165, 1.54) is 6.42 Å². The van der Waals surface area contributed by atoms with Crippen molar-refractivity contribution in [1.82, 2.24) is 0 Å². The van der Waals surface area contributed by atoms with E-state index in [4.69, 9.17) is 0 Å². The lowest BCUT2D eigenvalue weighted by Crippen LogP contribution is -2.30. The standard InChI is InChI=1S/C14H19BrN2O2/c1-9-3-4-11(7-10(9)2)16-12-5-6-13(15)14(8-12)17(18)19/h5-6,8-11,16H,3-4,7H2,1-2H3. The maximum Gasteiger partial charge on any atom is 0.285 e. The quantitative estimate of drug-likeness (QED) is 0.652. The Hall–Kier alpha value is -1.10. The molecule has 0 amide bonds. The fraction of sp³-hybridized carbons (Fsp3) is 0.571. The normalized spacial score (nSPS) is 27.0. The van der Waals surface area contributed by atoms with Crippen molar-refractivity contribution in [3.05, 3.63) is 32.8 Å². The molecule has 0 heterocycles. The van der Waals surface area contributed by atoms with Gasteiger partial charge in [-0.15, -0.1) is 0 Å². The predicted octanol–water partition coefficient (Wildman–Crippen LogP) is 4.59. The highest BCUT2D eigenvalue weighted by molar-refractivity contribution is 9.10. The Kier molecular flexibility index (Phi) is 4.45. The van der Waals surface area contributed by atoms with E-state index in [0.29, 0.717) is 16.4 Å². The van der Waals surface area contributed by atoms with Crippen molar-refractivity contribution in [2.75, 3.05) is 5.32 Å². The number of rotatable bonds is 3. The van der Waals surface area contributed by atoms with E-state index in [2.05, 4.69) is 35.1 Å². The van der Waals surface area contributed by atoms with Gasteiger partial charge < -0.3 is 5.32 Å². The van der Waals surface area contributed by atoms with Crippen LogP contribution in [0, 0.1) is 22.0 Å². The number of benzene rings is 1. The van der Waals surface area contributed by atoms with Gasteiger partial charge in [-0.3, -0.25) is 10.1 Å². The molecule has 3 atom stereocenters. The highest BCUT2D eigenvalue weighted by atomic mass is 79.9. The fourth-order valence-electron chi connectivity index (χ4n) is 2.66. The van der Waals surface area contributed by atoms with Crippen molar-refractivity contribution < 1.29 is 4.92 Å². The summed E-state index contributed by atoms with van der Waals surface area (Å²) in [5.74, 6) is 1.48. The molecule has 4 nitrogen and oxygen atoms in total. The van der Waals surface area contributed by atoms with Crippen LogP contribution in [0.15, 0.2) is 22.7 Å². The van der Waals surface area contributed by atoms with E-state index in [-0.39, 0.29) is 10.6 Å². The molecule has 1 aliphatic rings. The lowest BCUT2D eigenvalue weighted by atomic mass is 9.79. The highest BCUT2D eigenvalue weighted by Gasteiger charge is 2.24. The minimum Gasteiger partial charge on any atom is -0.382 e. The van der Waals surface area contributed by atoms with Gasteiger partial charge in [-0.25, -0.2) is 0 Å². The van der Waals surface area contributed by atoms with E-state index in [1.807, 2.05) is 6.07 Å². The van der Waals surface area contributed by atoms with Crippen molar-refractivity contribution >= 4 is 27.3 Å². The number of anilines is 1. The maximum absolute atomic E-state index is 10.9. The average Bonchev–Trinajstić information content (AvgIpc) is 2.36. The zero-order chi connectivity index (χ0) is 14.0. The Morgan fingerprint density at radius 3 is 2.68 bits per heavy atom. The Labute approximate surface area is 121 Å². The molecule has 1 fully saturated rings. The third kappa shape index (κ3) is 3.47. The summed E-state index contributed by atoms with van der Waals surface area (Å²) in [5, 5.41) is 14.3. The van der Waals surface area contributed by atoms with Crippen molar-refractivity contribution in [2.45, 2.75) is 39.2 Å². The van der Waals surface area contributed by atoms with E-state index in [1.54, 1.807) is 12.1 Å². The maximum atomic E-state index is 10.9. The molecule has 1 saturated carbocycles. The number of halogens is 1. The first kappa shape index (κ1) is 14.3. The van der Waals surface area contributed by atoms with Crippen LogP contribution in [0.2, 0.25) is 0 Å². The van der Waals surface area contributed by atoms with Crippen LogP contribution in [-0.2, 0) is 0 Å². The van der Waals surface area contributed by atoms with Crippen LogP contribution < -0.4 is 5.32 Å². The molecule has 2 rings (SSSR count).